The van der Waals surface area contributed by atoms with Crippen molar-refractivity contribution in [2.45, 2.75) is 19.4 Å². The highest BCUT2D eigenvalue weighted by molar-refractivity contribution is 6.27. The molecule has 0 aromatic heterocycles. The molecule has 2 N–H and O–H groups in total. The second-order valence-electron chi connectivity index (χ2n) is 5.09. The fraction of sp³-hybridized carbons (Fsp3) is 0.400. The molecule has 0 unspecified atom stereocenters. The highest BCUT2D eigenvalue weighted by Gasteiger charge is 2.34. The molecule has 118 valence electrons. The number of hydrogen-bond donors (Lipinski definition) is 2. The summed E-state index contributed by atoms with van der Waals surface area (Å²) in [6.07, 6.45) is -0.0944. The smallest absolute Gasteiger partial charge is 0.243 e. The molecular formula is C15H18ClN3O3. The number of halogens is 1. The molecule has 3 amide bonds. The number of anilines is 1. The van der Waals surface area contributed by atoms with Crippen molar-refractivity contribution in [3.8, 4) is 0 Å². The average Bonchev–Trinajstić information content (AvgIpc) is 2.51. The van der Waals surface area contributed by atoms with Crippen molar-refractivity contribution in [3.63, 3.8) is 0 Å². The van der Waals surface area contributed by atoms with Gasteiger partial charge in [-0.2, -0.15) is 0 Å². The summed E-state index contributed by atoms with van der Waals surface area (Å²) in [5.41, 5.74) is 1.62. The van der Waals surface area contributed by atoms with Crippen LogP contribution in [0.3, 0.4) is 0 Å². The van der Waals surface area contributed by atoms with Crippen molar-refractivity contribution in [2.75, 3.05) is 24.3 Å². The summed E-state index contributed by atoms with van der Waals surface area (Å²) < 4.78 is 0. The van der Waals surface area contributed by atoms with Gasteiger partial charge in [0.1, 0.15) is 11.9 Å². The minimum atomic E-state index is -0.816. The number of alkyl halides is 1. The highest BCUT2D eigenvalue weighted by Crippen LogP contribution is 2.15. The van der Waals surface area contributed by atoms with Gasteiger partial charge in [0.25, 0.3) is 0 Å². The van der Waals surface area contributed by atoms with Crippen molar-refractivity contribution < 1.29 is 14.4 Å². The zero-order chi connectivity index (χ0) is 16.1. The zero-order valence-electron chi connectivity index (χ0n) is 12.3. The molecule has 7 heteroatoms. The van der Waals surface area contributed by atoms with E-state index in [0.29, 0.717) is 18.8 Å². The van der Waals surface area contributed by atoms with Crippen molar-refractivity contribution in [1.29, 1.82) is 0 Å². The number of aryl methyl sites for hydroxylation is 1. The number of benzene rings is 1. The first-order chi connectivity index (χ1) is 10.5. The monoisotopic (exact) mass is 323 g/mol. The number of nitrogens with zero attached hydrogens (tertiary/aromatic N) is 1. The number of piperazine rings is 1. The van der Waals surface area contributed by atoms with E-state index in [9.17, 15) is 14.4 Å². The van der Waals surface area contributed by atoms with E-state index < -0.39 is 6.04 Å². The fourth-order valence-corrected chi connectivity index (χ4v) is 2.54. The molecule has 2 rings (SSSR count). The van der Waals surface area contributed by atoms with Crippen molar-refractivity contribution in [2.24, 2.45) is 0 Å². The lowest BCUT2D eigenvalue weighted by Crippen LogP contribution is -2.58. The van der Waals surface area contributed by atoms with Crippen LogP contribution in [0.4, 0.5) is 5.69 Å². The van der Waals surface area contributed by atoms with Gasteiger partial charge in [0.05, 0.1) is 6.42 Å². The number of para-hydroxylation sites is 1. The summed E-state index contributed by atoms with van der Waals surface area (Å²) in [6, 6.07) is 6.55. The molecule has 1 aromatic rings. The van der Waals surface area contributed by atoms with Crippen LogP contribution in [-0.2, 0) is 14.4 Å². The van der Waals surface area contributed by atoms with Gasteiger partial charge >= 0.3 is 0 Å². The molecule has 1 atom stereocenters. The molecule has 0 bridgehead atoms. The van der Waals surface area contributed by atoms with Gasteiger partial charge in [0.2, 0.25) is 17.7 Å². The third kappa shape index (κ3) is 3.76. The number of rotatable bonds is 4. The Morgan fingerprint density at radius 3 is 2.82 bits per heavy atom. The Labute approximate surface area is 133 Å². The standard InChI is InChI=1S/C15H18ClN3O3/c1-10-4-2-3-5-11(10)18-13(20)8-12-15(22)17-6-7-19(12)14(21)9-16/h2-5,12H,6-9H2,1H3,(H,17,22)(H,18,20)/t12-/m0/s1. The number of hydrogen-bond acceptors (Lipinski definition) is 3. The second kappa shape index (κ2) is 7.26. The third-order valence-electron chi connectivity index (χ3n) is 3.56. The Kier molecular flexibility index (Phi) is 5.38. The first-order valence-electron chi connectivity index (χ1n) is 7.01. The van der Waals surface area contributed by atoms with Crippen molar-refractivity contribution in [1.82, 2.24) is 10.2 Å². The number of carbonyl (C=O) groups excluding carboxylic acids is 3. The van der Waals surface area contributed by atoms with Crippen molar-refractivity contribution in [3.05, 3.63) is 29.8 Å². The van der Waals surface area contributed by atoms with E-state index in [2.05, 4.69) is 10.6 Å². The van der Waals surface area contributed by atoms with Crippen molar-refractivity contribution >= 4 is 35.0 Å². The maximum Gasteiger partial charge on any atom is 0.243 e. The van der Waals surface area contributed by atoms with Gasteiger partial charge in [-0.1, -0.05) is 18.2 Å². The Hall–Kier alpha value is -2.08. The van der Waals surface area contributed by atoms with Crippen LogP contribution < -0.4 is 10.6 Å². The molecule has 1 fully saturated rings. The van der Waals surface area contributed by atoms with Crippen LogP contribution in [0.15, 0.2) is 24.3 Å². The zero-order valence-corrected chi connectivity index (χ0v) is 13.0. The summed E-state index contributed by atoms with van der Waals surface area (Å²) >= 11 is 5.56. The maximum atomic E-state index is 12.2. The number of carbonyl (C=O) groups is 3. The molecule has 1 heterocycles. The van der Waals surface area contributed by atoms with Gasteiger partial charge in [-0.15, -0.1) is 11.6 Å². The lowest BCUT2D eigenvalue weighted by atomic mass is 10.1. The van der Waals surface area contributed by atoms with Gasteiger partial charge in [-0.25, -0.2) is 0 Å². The largest absolute Gasteiger partial charge is 0.353 e. The third-order valence-corrected chi connectivity index (χ3v) is 3.79. The van der Waals surface area contributed by atoms with Crippen LogP contribution in [0, 0.1) is 6.92 Å². The fourth-order valence-electron chi connectivity index (χ4n) is 2.38. The van der Waals surface area contributed by atoms with Crippen LogP contribution in [0.5, 0.6) is 0 Å². The minimum Gasteiger partial charge on any atom is -0.353 e. The van der Waals surface area contributed by atoms with Crippen LogP contribution in [0.2, 0.25) is 0 Å². The SMILES string of the molecule is Cc1ccccc1NC(=O)C[C@H]1C(=O)NCCN1C(=O)CCl. The number of nitrogens with one attached hydrogen (secondary N) is 2. The Balaban J connectivity index is 2.06. The molecule has 6 nitrogen and oxygen atoms in total. The van der Waals surface area contributed by atoms with Gasteiger partial charge in [-0.05, 0) is 18.6 Å². The van der Waals surface area contributed by atoms with Crippen LogP contribution in [0.25, 0.3) is 0 Å². The van der Waals surface area contributed by atoms with Gasteiger partial charge in [0, 0.05) is 18.8 Å². The lowest BCUT2D eigenvalue weighted by Gasteiger charge is -2.34. The summed E-state index contributed by atoms with van der Waals surface area (Å²) in [7, 11) is 0. The molecule has 0 spiro atoms. The number of amides is 3. The molecular weight excluding hydrogens is 306 g/mol. The van der Waals surface area contributed by atoms with E-state index in [1.54, 1.807) is 6.07 Å². The second-order valence-corrected chi connectivity index (χ2v) is 5.36. The van der Waals surface area contributed by atoms with Crippen LogP contribution in [0.1, 0.15) is 12.0 Å². The topological polar surface area (TPSA) is 78.5 Å². The Bertz CT molecular complexity index is 591. The maximum absolute atomic E-state index is 12.2. The Morgan fingerprint density at radius 1 is 1.41 bits per heavy atom. The Morgan fingerprint density at radius 2 is 2.14 bits per heavy atom. The first kappa shape index (κ1) is 16.3. The van der Waals surface area contributed by atoms with E-state index in [1.807, 2.05) is 25.1 Å². The molecule has 1 aliphatic heterocycles. The van der Waals surface area contributed by atoms with Crippen LogP contribution >= 0.6 is 11.6 Å². The van der Waals surface area contributed by atoms with E-state index in [0.717, 1.165) is 5.56 Å². The van der Waals surface area contributed by atoms with Gasteiger partial charge in [0.15, 0.2) is 0 Å². The lowest BCUT2D eigenvalue weighted by molar-refractivity contribution is -0.143. The summed E-state index contributed by atoms with van der Waals surface area (Å²) in [6.45, 7) is 2.61. The molecule has 0 aliphatic carbocycles. The molecule has 1 saturated heterocycles. The molecule has 1 aliphatic rings. The predicted molar refractivity (Wildman–Crippen MR) is 83.7 cm³/mol. The predicted octanol–water partition coefficient (Wildman–Crippen LogP) is 0.889. The van der Waals surface area contributed by atoms with E-state index in [1.165, 1.54) is 4.90 Å². The summed E-state index contributed by atoms with van der Waals surface area (Å²) in [5.74, 6) is -1.19. The molecule has 22 heavy (non-hydrogen) atoms. The van der Waals surface area contributed by atoms with E-state index >= 15 is 0 Å². The van der Waals surface area contributed by atoms with E-state index in [-0.39, 0.29) is 30.0 Å². The summed E-state index contributed by atoms with van der Waals surface area (Å²) in [4.78, 5) is 37.3. The average molecular weight is 324 g/mol. The van der Waals surface area contributed by atoms with Crippen LogP contribution in [-0.4, -0.2) is 47.6 Å². The quantitative estimate of drug-likeness (QED) is 0.808. The molecule has 1 aromatic carbocycles. The van der Waals surface area contributed by atoms with Gasteiger partial charge < -0.3 is 15.5 Å². The first-order valence-corrected chi connectivity index (χ1v) is 7.55. The minimum absolute atomic E-state index is 0.0944. The normalized spacial score (nSPS) is 17.8. The van der Waals surface area contributed by atoms with Gasteiger partial charge in [-0.3, -0.25) is 14.4 Å². The highest BCUT2D eigenvalue weighted by atomic mass is 35.5. The summed E-state index contributed by atoms with van der Waals surface area (Å²) in [5, 5.41) is 5.43. The molecule has 0 radical (unpaired) electrons. The van der Waals surface area contributed by atoms with E-state index in [4.69, 9.17) is 11.6 Å². The molecule has 0 saturated carbocycles.